The van der Waals surface area contributed by atoms with E-state index in [-0.39, 0.29) is 0 Å². The van der Waals surface area contributed by atoms with Gasteiger partial charge in [-0.2, -0.15) is 0 Å². The number of ketones is 1. The van der Waals surface area contributed by atoms with E-state index in [9.17, 15) is 4.79 Å². The van der Waals surface area contributed by atoms with E-state index in [1.165, 1.54) is 353 Å². The van der Waals surface area contributed by atoms with E-state index in [1.54, 1.807) is 0 Å². The highest BCUT2D eigenvalue weighted by Gasteiger charge is 2.35. The molecule has 0 aromatic rings. The van der Waals surface area contributed by atoms with Gasteiger partial charge in [0.2, 0.25) is 0 Å². The fraction of sp³-hybridized carbons (Fsp3) is 0.951. The Kier molecular flexibility index (Phi) is 38.0. The largest absolute Gasteiger partial charge is 0.374 e. The van der Waals surface area contributed by atoms with E-state index >= 15 is 0 Å². The van der Waals surface area contributed by atoms with Crippen LogP contribution in [0.5, 0.6) is 0 Å². The number of rotatable bonds is 1. The second kappa shape index (κ2) is 42.3. The van der Waals surface area contributed by atoms with Crippen molar-refractivity contribution in [3.63, 3.8) is 0 Å². The summed E-state index contributed by atoms with van der Waals surface area (Å²) in [7, 11) is 0. The van der Waals surface area contributed by atoms with Crippen LogP contribution in [0.3, 0.4) is 0 Å². The van der Waals surface area contributed by atoms with Crippen molar-refractivity contribution < 1.29 is 4.79 Å². The minimum atomic E-state index is 0.391. The Morgan fingerprint density at radius 2 is 0.578 bits per heavy atom. The maximum Gasteiger partial charge on any atom is 0.160 e. The Bertz CT molecular complexity index is 1000. The maximum absolute atomic E-state index is 12.3. The van der Waals surface area contributed by atoms with Gasteiger partial charge in [-0.05, 0) is 64.0 Å². The first kappa shape index (κ1) is 57.5. The van der Waals surface area contributed by atoms with Crippen molar-refractivity contribution in [3.8, 4) is 0 Å². The summed E-state index contributed by atoms with van der Waals surface area (Å²) in [6, 6.07) is 0. The van der Waals surface area contributed by atoms with E-state index < -0.39 is 0 Å². The number of hydrogen-bond acceptors (Lipinski definition) is 3. The quantitative estimate of drug-likeness (QED) is 0.285. The van der Waals surface area contributed by atoms with Gasteiger partial charge in [-0.1, -0.05) is 289 Å². The van der Waals surface area contributed by atoms with Crippen LogP contribution in [0.15, 0.2) is 11.3 Å². The molecule has 1 N–H and O–H groups in total. The number of carbonyl (C=O) groups is 1. The number of Topliss-reactive ketones (excluding diaryl/α,β-unsaturated/α-hetero) is 1. The highest BCUT2D eigenvalue weighted by molar-refractivity contribution is 5.97. The van der Waals surface area contributed by atoms with Crippen LogP contribution in [0.4, 0.5) is 0 Å². The van der Waals surface area contributed by atoms with Gasteiger partial charge in [0.05, 0.1) is 0 Å². The monoisotopic (exact) mass is 893 g/mol. The molecule has 0 bridgehead atoms. The third-order valence-electron chi connectivity index (χ3n) is 16.8. The normalized spacial score (nSPS) is 25.2. The summed E-state index contributed by atoms with van der Waals surface area (Å²) in [6.45, 7) is 6.82. The molecule has 2 fully saturated rings. The smallest absolute Gasteiger partial charge is 0.160 e. The summed E-state index contributed by atoms with van der Waals surface area (Å²) in [5.41, 5.74) is 2.95. The molecule has 0 atom stereocenters. The van der Waals surface area contributed by atoms with Crippen molar-refractivity contribution in [2.75, 3.05) is 26.2 Å². The SMILES string of the molecule is CC1=C(N2CCC3(CCCCCCCCCCCCCCCCCCCCCCCCCCCCCCCCCCCCCCCCCCCCCCCCNCC3)CC2)CCC1=O. The molecule has 0 amide bonds. The van der Waals surface area contributed by atoms with Crippen LogP contribution in [-0.4, -0.2) is 36.9 Å². The topological polar surface area (TPSA) is 32.3 Å². The summed E-state index contributed by atoms with van der Waals surface area (Å²) < 4.78 is 0. The van der Waals surface area contributed by atoms with E-state index in [4.69, 9.17) is 0 Å². The van der Waals surface area contributed by atoms with Crippen LogP contribution in [0.1, 0.15) is 341 Å². The molecule has 3 nitrogen and oxygen atoms in total. The Morgan fingerprint density at radius 1 is 0.312 bits per heavy atom. The third kappa shape index (κ3) is 31.3. The molecular formula is C61H116N2O. The minimum Gasteiger partial charge on any atom is -0.374 e. The van der Waals surface area contributed by atoms with Crippen LogP contribution in [0.25, 0.3) is 0 Å². The molecule has 3 rings (SSSR count). The summed E-state index contributed by atoms with van der Waals surface area (Å²) in [6.07, 6.45) is 74.8. The molecule has 3 heteroatoms. The first-order chi connectivity index (χ1) is 31.7. The second-order valence-electron chi connectivity index (χ2n) is 22.5. The molecule has 2 heterocycles. The molecule has 1 aliphatic carbocycles. The lowest BCUT2D eigenvalue weighted by atomic mass is 9.71. The van der Waals surface area contributed by atoms with Gasteiger partial charge in [-0.3, -0.25) is 4.79 Å². The fourth-order valence-corrected chi connectivity index (χ4v) is 12.0. The highest BCUT2D eigenvalue weighted by Crippen LogP contribution is 2.42. The molecule has 0 aromatic heterocycles. The zero-order valence-electron chi connectivity index (χ0n) is 44.0. The van der Waals surface area contributed by atoms with Crippen molar-refractivity contribution in [1.29, 1.82) is 0 Å². The van der Waals surface area contributed by atoms with Gasteiger partial charge < -0.3 is 10.2 Å². The third-order valence-corrected chi connectivity index (χ3v) is 16.8. The predicted octanol–water partition coefficient (Wildman–Crippen LogP) is 20.0. The standard InChI is InChI=1S/C61H116N2O/c1-58-59(48-49-60(58)64)63-56-52-61(53-57-63)50-46-44-42-40-38-36-34-32-30-28-26-24-22-20-18-16-14-12-10-8-6-4-2-3-5-7-9-11-13-15-17-19-21-23-25-27-29-31-33-35-37-39-41-43-45-47-54-62-55-51-61/h62H,2-57H2,1H3. The molecule has 0 aromatic carbocycles. The van der Waals surface area contributed by atoms with Crippen molar-refractivity contribution in [2.45, 2.75) is 341 Å². The molecule has 0 radical (unpaired) electrons. The Labute approximate surface area is 402 Å². The predicted molar refractivity (Wildman–Crippen MR) is 285 cm³/mol. The maximum atomic E-state index is 12.3. The zero-order valence-corrected chi connectivity index (χ0v) is 44.0. The van der Waals surface area contributed by atoms with Crippen LogP contribution in [0.2, 0.25) is 0 Å². The average molecular weight is 894 g/mol. The van der Waals surface area contributed by atoms with E-state index in [0.717, 1.165) is 18.4 Å². The Hall–Kier alpha value is -0.830. The molecule has 0 saturated carbocycles. The molecule has 1 spiro atoms. The van der Waals surface area contributed by atoms with Crippen LogP contribution in [0, 0.1) is 5.41 Å². The average Bonchev–Trinajstić information content (AvgIpc) is 3.64. The lowest BCUT2D eigenvalue weighted by Gasteiger charge is -2.44. The van der Waals surface area contributed by atoms with E-state index in [2.05, 4.69) is 17.1 Å². The summed E-state index contributed by atoms with van der Waals surface area (Å²) in [5.74, 6) is 0.391. The van der Waals surface area contributed by atoms with Crippen LogP contribution < -0.4 is 5.32 Å². The minimum absolute atomic E-state index is 0.391. The summed E-state index contributed by atoms with van der Waals surface area (Å²) >= 11 is 0. The molecule has 64 heavy (non-hydrogen) atoms. The van der Waals surface area contributed by atoms with E-state index in [1.807, 2.05) is 0 Å². The number of carbonyl (C=O) groups excluding carboxylic acids is 1. The van der Waals surface area contributed by atoms with Gasteiger partial charge >= 0.3 is 0 Å². The van der Waals surface area contributed by atoms with Crippen molar-refractivity contribution in [1.82, 2.24) is 10.2 Å². The van der Waals surface area contributed by atoms with Gasteiger partial charge in [0.15, 0.2) is 5.78 Å². The number of nitrogens with zero attached hydrogens (tertiary/aromatic N) is 1. The van der Waals surface area contributed by atoms with Crippen LogP contribution in [-0.2, 0) is 4.79 Å². The Morgan fingerprint density at radius 3 is 0.844 bits per heavy atom. The van der Waals surface area contributed by atoms with Gasteiger partial charge in [0.1, 0.15) is 0 Å². The van der Waals surface area contributed by atoms with Crippen molar-refractivity contribution >= 4 is 5.78 Å². The number of nitrogens with one attached hydrogen (secondary N) is 1. The van der Waals surface area contributed by atoms with Gasteiger partial charge in [-0.25, -0.2) is 0 Å². The van der Waals surface area contributed by atoms with Crippen LogP contribution >= 0.6 is 0 Å². The van der Waals surface area contributed by atoms with E-state index in [0.29, 0.717) is 11.2 Å². The molecule has 376 valence electrons. The highest BCUT2D eigenvalue weighted by atomic mass is 16.1. The number of hydrogen-bond donors (Lipinski definition) is 1. The summed E-state index contributed by atoms with van der Waals surface area (Å²) in [5, 5.41) is 3.90. The second-order valence-corrected chi connectivity index (χ2v) is 22.5. The first-order valence-corrected chi connectivity index (χ1v) is 30.4. The van der Waals surface area contributed by atoms with Crippen molar-refractivity contribution in [2.24, 2.45) is 5.41 Å². The molecule has 3 aliphatic rings. The lowest BCUT2D eigenvalue weighted by Crippen LogP contribution is -2.41. The fourth-order valence-electron chi connectivity index (χ4n) is 12.0. The lowest BCUT2D eigenvalue weighted by molar-refractivity contribution is -0.114. The molecule has 0 unspecified atom stereocenters. The van der Waals surface area contributed by atoms with Crippen molar-refractivity contribution in [3.05, 3.63) is 11.3 Å². The molecular weight excluding hydrogens is 777 g/mol. The zero-order chi connectivity index (χ0) is 45.1. The van der Waals surface area contributed by atoms with Gasteiger partial charge in [0, 0.05) is 30.8 Å². The van der Waals surface area contributed by atoms with Gasteiger partial charge in [-0.15, -0.1) is 0 Å². The number of allylic oxidation sites excluding steroid dienone is 2. The number of piperidine rings is 1. The van der Waals surface area contributed by atoms with Gasteiger partial charge in [0.25, 0.3) is 0 Å². The Balaban J connectivity index is 1.25. The first-order valence-electron chi connectivity index (χ1n) is 30.4. The summed E-state index contributed by atoms with van der Waals surface area (Å²) in [4.78, 5) is 14.9. The molecule has 2 saturated heterocycles. The molecule has 2 aliphatic heterocycles. The number of likely N-dealkylation sites (tertiary alicyclic amines) is 1.